The summed E-state index contributed by atoms with van der Waals surface area (Å²) in [5, 5.41) is 2.85. The van der Waals surface area contributed by atoms with Crippen molar-refractivity contribution < 1.29 is 9.53 Å². The maximum atomic E-state index is 11.2. The molecule has 0 spiro atoms. The zero-order valence-corrected chi connectivity index (χ0v) is 9.38. The maximum absolute atomic E-state index is 11.2. The SMILES string of the molecule is C=C(C)COc1ccc2c(c1)NC(=O)CC2. The molecule has 1 amide bonds. The molecule has 0 aromatic heterocycles. The monoisotopic (exact) mass is 217 g/mol. The molecule has 0 radical (unpaired) electrons. The molecule has 1 aliphatic rings. The van der Waals surface area contributed by atoms with Gasteiger partial charge in [0.1, 0.15) is 12.4 Å². The Morgan fingerprint density at radius 2 is 2.31 bits per heavy atom. The van der Waals surface area contributed by atoms with Crippen LogP contribution in [0, 0.1) is 0 Å². The van der Waals surface area contributed by atoms with Crippen LogP contribution in [-0.4, -0.2) is 12.5 Å². The fourth-order valence-corrected chi connectivity index (χ4v) is 1.65. The number of carbonyl (C=O) groups excluding carboxylic acids is 1. The molecule has 0 saturated carbocycles. The van der Waals surface area contributed by atoms with Crippen molar-refractivity contribution in [3.05, 3.63) is 35.9 Å². The third-order valence-electron chi connectivity index (χ3n) is 2.46. The predicted molar refractivity (Wildman–Crippen MR) is 63.7 cm³/mol. The van der Waals surface area contributed by atoms with Crippen LogP contribution in [0.3, 0.4) is 0 Å². The van der Waals surface area contributed by atoms with Gasteiger partial charge in [0, 0.05) is 18.2 Å². The van der Waals surface area contributed by atoms with E-state index in [2.05, 4.69) is 11.9 Å². The molecule has 1 N–H and O–H groups in total. The van der Waals surface area contributed by atoms with Crippen LogP contribution in [0.5, 0.6) is 5.75 Å². The second-order valence-electron chi connectivity index (χ2n) is 4.11. The summed E-state index contributed by atoms with van der Waals surface area (Å²) in [6, 6.07) is 5.80. The summed E-state index contributed by atoms with van der Waals surface area (Å²) in [5.74, 6) is 0.841. The highest BCUT2D eigenvalue weighted by atomic mass is 16.5. The predicted octanol–water partition coefficient (Wildman–Crippen LogP) is 2.53. The van der Waals surface area contributed by atoms with Crippen LogP contribution in [0.25, 0.3) is 0 Å². The molecule has 0 bridgehead atoms. The fraction of sp³-hybridized carbons (Fsp3) is 0.308. The van der Waals surface area contributed by atoms with E-state index in [9.17, 15) is 4.79 Å². The molecule has 0 atom stereocenters. The van der Waals surface area contributed by atoms with Gasteiger partial charge in [-0.2, -0.15) is 0 Å². The molecule has 0 fully saturated rings. The third kappa shape index (κ3) is 2.42. The van der Waals surface area contributed by atoms with E-state index in [1.54, 1.807) is 0 Å². The first kappa shape index (κ1) is 10.7. The van der Waals surface area contributed by atoms with Crippen LogP contribution < -0.4 is 10.1 Å². The van der Waals surface area contributed by atoms with Crippen molar-refractivity contribution in [3.63, 3.8) is 0 Å². The second-order valence-corrected chi connectivity index (χ2v) is 4.11. The molecule has 3 heteroatoms. The minimum atomic E-state index is 0.0737. The normalized spacial score (nSPS) is 13.9. The number of carbonyl (C=O) groups is 1. The van der Waals surface area contributed by atoms with Gasteiger partial charge < -0.3 is 10.1 Å². The number of hydrogen-bond acceptors (Lipinski definition) is 2. The van der Waals surface area contributed by atoms with Crippen LogP contribution in [-0.2, 0) is 11.2 Å². The minimum Gasteiger partial charge on any atom is -0.489 e. The Kier molecular flexibility index (Phi) is 2.95. The Morgan fingerprint density at radius 3 is 3.06 bits per heavy atom. The van der Waals surface area contributed by atoms with Crippen molar-refractivity contribution in [1.29, 1.82) is 0 Å². The molecule has 1 aromatic carbocycles. The average Bonchev–Trinajstić information content (AvgIpc) is 2.25. The second kappa shape index (κ2) is 4.39. The van der Waals surface area contributed by atoms with Crippen LogP contribution in [0.4, 0.5) is 5.69 Å². The number of ether oxygens (including phenoxy) is 1. The molecule has 16 heavy (non-hydrogen) atoms. The van der Waals surface area contributed by atoms with Crippen LogP contribution in [0.15, 0.2) is 30.4 Å². The van der Waals surface area contributed by atoms with Gasteiger partial charge in [0.2, 0.25) is 5.91 Å². The van der Waals surface area contributed by atoms with E-state index in [0.717, 1.165) is 23.4 Å². The summed E-state index contributed by atoms with van der Waals surface area (Å²) in [6.45, 7) is 6.20. The van der Waals surface area contributed by atoms with E-state index in [4.69, 9.17) is 4.74 Å². The third-order valence-corrected chi connectivity index (χ3v) is 2.46. The van der Waals surface area contributed by atoms with E-state index in [-0.39, 0.29) is 5.91 Å². The van der Waals surface area contributed by atoms with E-state index >= 15 is 0 Å². The number of anilines is 1. The van der Waals surface area contributed by atoms with Gasteiger partial charge in [-0.25, -0.2) is 0 Å². The first-order chi connectivity index (χ1) is 7.65. The van der Waals surface area contributed by atoms with Crippen molar-refractivity contribution in [1.82, 2.24) is 0 Å². The van der Waals surface area contributed by atoms with Gasteiger partial charge >= 0.3 is 0 Å². The standard InChI is InChI=1S/C13H15NO2/c1-9(2)8-16-11-5-3-10-4-6-13(15)14-12(10)7-11/h3,5,7H,1,4,6,8H2,2H3,(H,14,15). The van der Waals surface area contributed by atoms with Gasteiger partial charge in [-0.05, 0) is 30.5 Å². The lowest BCUT2D eigenvalue weighted by Crippen LogP contribution is -2.18. The van der Waals surface area contributed by atoms with Crippen molar-refractivity contribution in [2.75, 3.05) is 11.9 Å². The lowest BCUT2D eigenvalue weighted by atomic mass is 10.0. The van der Waals surface area contributed by atoms with E-state index in [1.807, 2.05) is 25.1 Å². The fourth-order valence-electron chi connectivity index (χ4n) is 1.65. The highest BCUT2D eigenvalue weighted by Crippen LogP contribution is 2.27. The van der Waals surface area contributed by atoms with Crippen molar-refractivity contribution in [3.8, 4) is 5.75 Å². The molecule has 3 nitrogen and oxygen atoms in total. The summed E-state index contributed by atoms with van der Waals surface area (Å²) in [4.78, 5) is 11.2. The molecule has 0 unspecified atom stereocenters. The Balaban J connectivity index is 2.14. The Bertz CT molecular complexity index is 438. The maximum Gasteiger partial charge on any atom is 0.224 e. The Hall–Kier alpha value is -1.77. The zero-order valence-electron chi connectivity index (χ0n) is 9.38. The Labute approximate surface area is 95.1 Å². The lowest BCUT2D eigenvalue weighted by molar-refractivity contribution is -0.116. The summed E-state index contributed by atoms with van der Waals surface area (Å²) < 4.78 is 5.52. The summed E-state index contributed by atoms with van der Waals surface area (Å²) >= 11 is 0. The summed E-state index contributed by atoms with van der Waals surface area (Å²) in [5.41, 5.74) is 3.01. The van der Waals surface area contributed by atoms with Gasteiger partial charge in [0.15, 0.2) is 0 Å². The van der Waals surface area contributed by atoms with Gasteiger partial charge in [0.05, 0.1) is 0 Å². The molecule has 1 aromatic rings. The van der Waals surface area contributed by atoms with Crippen molar-refractivity contribution in [2.45, 2.75) is 19.8 Å². The van der Waals surface area contributed by atoms with E-state index in [0.29, 0.717) is 13.0 Å². The van der Waals surface area contributed by atoms with Gasteiger partial charge in [-0.15, -0.1) is 0 Å². The number of rotatable bonds is 3. The number of benzene rings is 1. The molecule has 0 aliphatic carbocycles. The lowest BCUT2D eigenvalue weighted by Gasteiger charge is -2.17. The van der Waals surface area contributed by atoms with Gasteiger partial charge in [-0.3, -0.25) is 4.79 Å². The van der Waals surface area contributed by atoms with E-state index < -0.39 is 0 Å². The van der Waals surface area contributed by atoms with Crippen LogP contribution >= 0.6 is 0 Å². The number of nitrogens with one attached hydrogen (secondary N) is 1. The first-order valence-electron chi connectivity index (χ1n) is 5.35. The van der Waals surface area contributed by atoms with Crippen molar-refractivity contribution in [2.24, 2.45) is 0 Å². The number of fused-ring (bicyclic) bond motifs is 1. The molecular weight excluding hydrogens is 202 g/mol. The highest BCUT2D eigenvalue weighted by Gasteiger charge is 2.14. The molecule has 84 valence electrons. The highest BCUT2D eigenvalue weighted by molar-refractivity contribution is 5.94. The van der Waals surface area contributed by atoms with Crippen LogP contribution in [0.1, 0.15) is 18.9 Å². The van der Waals surface area contributed by atoms with Crippen LogP contribution in [0.2, 0.25) is 0 Å². The summed E-state index contributed by atoms with van der Waals surface area (Å²) in [6.07, 6.45) is 1.38. The largest absolute Gasteiger partial charge is 0.489 e. The first-order valence-corrected chi connectivity index (χ1v) is 5.35. The van der Waals surface area contributed by atoms with Gasteiger partial charge in [-0.1, -0.05) is 12.6 Å². The number of hydrogen-bond donors (Lipinski definition) is 1. The Morgan fingerprint density at radius 1 is 1.50 bits per heavy atom. The smallest absolute Gasteiger partial charge is 0.224 e. The minimum absolute atomic E-state index is 0.0737. The molecule has 1 aliphatic heterocycles. The molecule has 2 rings (SSSR count). The summed E-state index contributed by atoms with van der Waals surface area (Å²) in [7, 11) is 0. The quantitative estimate of drug-likeness (QED) is 0.790. The number of aryl methyl sites for hydroxylation is 1. The number of amides is 1. The molecule has 0 saturated heterocycles. The van der Waals surface area contributed by atoms with Gasteiger partial charge in [0.25, 0.3) is 0 Å². The average molecular weight is 217 g/mol. The molecular formula is C13H15NO2. The molecule has 1 heterocycles. The zero-order chi connectivity index (χ0) is 11.5. The topological polar surface area (TPSA) is 38.3 Å². The van der Waals surface area contributed by atoms with E-state index in [1.165, 1.54) is 5.56 Å². The van der Waals surface area contributed by atoms with Crippen molar-refractivity contribution >= 4 is 11.6 Å².